The zero-order valence-electron chi connectivity index (χ0n) is 20.4. The van der Waals surface area contributed by atoms with Crippen LogP contribution in [0, 0.1) is 6.92 Å². The molecular formula is C28H31N3O4. The summed E-state index contributed by atoms with van der Waals surface area (Å²) in [6, 6.07) is 17.2. The monoisotopic (exact) mass is 473 g/mol. The second kappa shape index (κ2) is 11.0. The molecule has 4 rings (SSSR count). The number of pyridine rings is 1. The second-order valence-corrected chi connectivity index (χ2v) is 8.56. The minimum atomic E-state index is -0.608. The normalized spacial score (nSPS) is 14.8. The molecule has 0 fully saturated rings. The predicted octanol–water partition coefficient (Wildman–Crippen LogP) is 4.52. The van der Waals surface area contributed by atoms with E-state index in [4.69, 9.17) is 9.47 Å². The minimum absolute atomic E-state index is 0.0772. The number of hydrogen-bond donors (Lipinski definition) is 0. The molecule has 3 aromatic rings. The van der Waals surface area contributed by atoms with E-state index >= 15 is 0 Å². The summed E-state index contributed by atoms with van der Waals surface area (Å²) in [6.45, 7) is 6.96. The predicted molar refractivity (Wildman–Crippen MR) is 134 cm³/mol. The Morgan fingerprint density at radius 3 is 2.69 bits per heavy atom. The molecule has 1 aliphatic rings. The summed E-state index contributed by atoms with van der Waals surface area (Å²) in [5.41, 5.74) is 3.43. The molecule has 2 heterocycles. The van der Waals surface area contributed by atoms with Crippen LogP contribution in [0.2, 0.25) is 0 Å². The third-order valence-corrected chi connectivity index (χ3v) is 5.96. The number of para-hydroxylation sites is 1. The Bertz CT molecular complexity index is 1180. The van der Waals surface area contributed by atoms with Crippen LogP contribution in [0.1, 0.15) is 37.0 Å². The molecule has 35 heavy (non-hydrogen) atoms. The van der Waals surface area contributed by atoms with Gasteiger partial charge in [-0.3, -0.25) is 19.5 Å². The molecule has 2 amide bonds. The number of anilines is 1. The van der Waals surface area contributed by atoms with E-state index in [1.165, 1.54) is 0 Å². The van der Waals surface area contributed by atoms with Gasteiger partial charge in [0.05, 0.1) is 12.3 Å². The van der Waals surface area contributed by atoms with Crippen molar-refractivity contribution < 1.29 is 19.1 Å². The topological polar surface area (TPSA) is 72.0 Å². The first-order valence-corrected chi connectivity index (χ1v) is 12.0. The molecule has 1 aliphatic heterocycles. The number of nitrogens with zero attached hydrogens (tertiary/aromatic N) is 3. The van der Waals surface area contributed by atoms with Crippen molar-refractivity contribution in [3.05, 3.63) is 83.7 Å². The molecule has 0 saturated heterocycles. The van der Waals surface area contributed by atoms with E-state index in [0.717, 1.165) is 22.4 Å². The standard InChI is InChI=1S/C28H31N3O4/c1-4-24-28(33)31(23-15-20(3)12-13-26(23)35-24)19-27(32)30(17-21-9-8-14-29-16-21)18-22-10-6-7-11-25(22)34-5-2/h6-16,24H,4-5,17-19H2,1-3H3/t24-/m1/s1. The maximum absolute atomic E-state index is 13.8. The largest absolute Gasteiger partial charge is 0.494 e. The van der Waals surface area contributed by atoms with Crippen LogP contribution in [-0.4, -0.2) is 41.0 Å². The first-order valence-electron chi connectivity index (χ1n) is 12.0. The summed E-state index contributed by atoms with van der Waals surface area (Å²) in [7, 11) is 0. The smallest absolute Gasteiger partial charge is 0.268 e. The van der Waals surface area contributed by atoms with E-state index in [9.17, 15) is 9.59 Å². The minimum Gasteiger partial charge on any atom is -0.494 e. The number of amides is 2. The van der Waals surface area contributed by atoms with Crippen LogP contribution in [0.4, 0.5) is 5.69 Å². The fourth-order valence-corrected chi connectivity index (χ4v) is 4.17. The lowest BCUT2D eigenvalue weighted by atomic mass is 10.1. The van der Waals surface area contributed by atoms with Crippen molar-refractivity contribution >= 4 is 17.5 Å². The number of aryl methyl sites for hydroxylation is 1. The lowest BCUT2D eigenvalue weighted by Gasteiger charge is -2.35. The number of carbonyl (C=O) groups is 2. The van der Waals surface area contributed by atoms with E-state index < -0.39 is 6.10 Å². The second-order valence-electron chi connectivity index (χ2n) is 8.56. The number of ether oxygens (including phenoxy) is 2. The Morgan fingerprint density at radius 1 is 1.11 bits per heavy atom. The third-order valence-electron chi connectivity index (χ3n) is 5.96. The highest BCUT2D eigenvalue weighted by Gasteiger charge is 2.35. The average Bonchev–Trinajstić information content (AvgIpc) is 2.87. The molecule has 1 atom stereocenters. The van der Waals surface area contributed by atoms with Crippen LogP contribution in [0.15, 0.2) is 67.0 Å². The van der Waals surface area contributed by atoms with Gasteiger partial charge < -0.3 is 14.4 Å². The highest BCUT2D eigenvalue weighted by atomic mass is 16.5. The Morgan fingerprint density at radius 2 is 1.94 bits per heavy atom. The first kappa shape index (κ1) is 24.3. The van der Waals surface area contributed by atoms with Crippen LogP contribution < -0.4 is 14.4 Å². The maximum Gasteiger partial charge on any atom is 0.268 e. The number of hydrogen-bond acceptors (Lipinski definition) is 5. The quantitative estimate of drug-likeness (QED) is 0.457. The Kier molecular flexibility index (Phi) is 7.65. The molecular weight excluding hydrogens is 442 g/mol. The molecule has 0 radical (unpaired) electrons. The Balaban J connectivity index is 1.64. The van der Waals surface area contributed by atoms with Crippen LogP contribution >= 0.6 is 0 Å². The van der Waals surface area contributed by atoms with Crippen molar-refractivity contribution in [2.75, 3.05) is 18.1 Å². The van der Waals surface area contributed by atoms with Crippen LogP contribution in [-0.2, 0) is 22.7 Å². The molecule has 182 valence electrons. The Hall–Kier alpha value is -3.87. The Labute approximate surface area is 206 Å². The van der Waals surface area contributed by atoms with Crippen molar-refractivity contribution in [3.63, 3.8) is 0 Å². The van der Waals surface area contributed by atoms with Gasteiger partial charge in [-0.15, -0.1) is 0 Å². The zero-order chi connectivity index (χ0) is 24.8. The highest BCUT2D eigenvalue weighted by molar-refractivity contribution is 6.03. The van der Waals surface area contributed by atoms with E-state index in [1.54, 1.807) is 22.2 Å². The van der Waals surface area contributed by atoms with Gasteiger partial charge in [-0.1, -0.05) is 37.3 Å². The maximum atomic E-state index is 13.8. The van der Waals surface area contributed by atoms with Crippen LogP contribution in [0.25, 0.3) is 0 Å². The van der Waals surface area contributed by atoms with Crippen LogP contribution in [0.5, 0.6) is 11.5 Å². The highest BCUT2D eigenvalue weighted by Crippen LogP contribution is 2.35. The molecule has 1 aromatic heterocycles. The first-order chi connectivity index (χ1) is 17.0. The summed E-state index contributed by atoms with van der Waals surface area (Å²) in [5.74, 6) is 0.997. The summed E-state index contributed by atoms with van der Waals surface area (Å²) < 4.78 is 11.7. The molecule has 0 saturated carbocycles. The van der Waals surface area contributed by atoms with Gasteiger partial charge in [-0.05, 0) is 55.7 Å². The molecule has 0 unspecified atom stereocenters. The van der Waals surface area contributed by atoms with Crippen molar-refractivity contribution in [2.24, 2.45) is 0 Å². The van der Waals surface area contributed by atoms with Crippen LogP contribution in [0.3, 0.4) is 0 Å². The van der Waals surface area contributed by atoms with Crippen molar-refractivity contribution in [3.8, 4) is 11.5 Å². The van der Waals surface area contributed by atoms with Crippen molar-refractivity contribution in [2.45, 2.75) is 46.4 Å². The number of fused-ring (bicyclic) bond motifs is 1. The molecule has 0 spiro atoms. The van der Waals surface area contributed by atoms with Gasteiger partial charge in [-0.2, -0.15) is 0 Å². The molecule has 2 aromatic carbocycles. The summed E-state index contributed by atoms with van der Waals surface area (Å²) in [5, 5.41) is 0. The van der Waals surface area contributed by atoms with Gasteiger partial charge in [0.2, 0.25) is 5.91 Å². The zero-order valence-corrected chi connectivity index (χ0v) is 20.4. The molecule has 7 nitrogen and oxygen atoms in total. The van der Waals surface area contributed by atoms with Gasteiger partial charge in [0.1, 0.15) is 18.0 Å². The summed E-state index contributed by atoms with van der Waals surface area (Å²) in [6.07, 6.45) is 3.37. The summed E-state index contributed by atoms with van der Waals surface area (Å²) >= 11 is 0. The van der Waals surface area contributed by atoms with Crippen molar-refractivity contribution in [1.82, 2.24) is 9.88 Å². The van der Waals surface area contributed by atoms with Gasteiger partial charge in [0.25, 0.3) is 5.91 Å². The summed E-state index contributed by atoms with van der Waals surface area (Å²) in [4.78, 5) is 34.5. The van der Waals surface area contributed by atoms with Gasteiger partial charge >= 0.3 is 0 Å². The number of aromatic nitrogens is 1. The third kappa shape index (κ3) is 5.62. The van der Waals surface area contributed by atoms with E-state index in [1.807, 2.05) is 75.4 Å². The fraction of sp³-hybridized carbons (Fsp3) is 0.321. The van der Waals surface area contributed by atoms with Gasteiger partial charge in [-0.25, -0.2) is 0 Å². The fourth-order valence-electron chi connectivity index (χ4n) is 4.17. The molecule has 7 heteroatoms. The van der Waals surface area contributed by atoms with E-state index in [0.29, 0.717) is 37.6 Å². The van der Waals surface area contributed by atoms with Crippen molar-refractivity contribution in [1.29, 1.82) is 0 Å². The number of rotatable bonds is 9. The molecule has 0 N–H and O–H groups in total. The lowest BCUT2D eigenvalue weighted by Crippen LogP contribution is -2.50. The molecule has 0 aliphatic carbocycles. The average molecular weight is 474 g/mol. The van der Waals surface area contributed by atoms with E-state index in [2.05, 4.69) is 4.98 Å². The van der Waals surface area contributed by atoms with Gasteiger partial charge in [0, 0.05) is 31.0 Å². The van der Waals surface area contributed by atoms with E-state index in [-0.39, 0.29) is 18.4 Å². The number of benzene rings is 2. The number of carbonyl (C=O) groups excluding carboxylic acids is 2. The molecule has 0 bridgehead atoms. The lowest BCUT2D eigenvalue weighted by molar-refractivity contribution is -0.134. The van der Waals surface area contributed by atoms with Gasteiger partial charge in [0.15, 0.2) is 6.10 Å². The SMILES string of the molecule is CCOc1ccccc1CN(Cc1cccnc1)C(=O)CN1C(=O)[C@@H](CC)Oc2ccc(C)cc21.